The van der Waals surface area contributed by atoms with Gasteiger partial charge in [0.05, 0.1) is 0 Å². The van der Waals surface area contributed by atoms with Gasteiger partial charge in [0, 0.05) is 180 Å². The minimum Gasteiger partial charge on any atom is -0.301 e. The summed E-state index contributed by atoms with van der Waals surface area (Å²) in [6.07, 6.45) is 39.3. The van der Waals surface area contributed by atoms with E-state index in [1.165, 1.54) is 291 Å². The van der Waals surface area contributed by atoms with Crippen molar-refractivity contribution in [2.45, 2.75) is 627 Å². The van der Waals surface area contributed by atoms with Gasteiger partial charge < -0.3 is 34.3 Å². The van der Waals surface area contributed by atoms with Crippen LogP contribution in [0, 0.1) is 118 Å². The molecule has 0 amide bonds. The third-order valence-electron chi connectivity index (χ3n) is 37.4. The monoisotopic (exact) mass is 2070 g/mol. The number of rotatable bonds is 31. The zero-order chi connectivity index (χ0) is 112. The van der Waals surface area contributed by atoms with Crippen LogP contribution in [0.5, 0.6) is 0 Å². The second kappa shape index (κ2) is 74.0. The highest BCUT2D eigenvalue weighted by Crippen LogP contribution is 2.51. The van der Waals surface area contributed by atoms with Crippen LogP contribution in [0.15, 0.2) is 0 Å². The fourth-order valence-electron chi connectivity index (χ4n) is 27.5. The first-order valence-electron chi connectivity index (χ1n) is 65.1. The number of alkyl halides is 1. The molecule has 13 heteroatoms. The topological polar surface area (TPSA) is 38.9 Å². The molecule has 0 aromatic heterocycles. The van der Waals surface area contributed by atoms with Gasteiger partial charge >= 0.3 is 0 Å². The van der Waals surface area contributed by atoms with Crippen molar-refractivity contribution in [1.29, 1.82) is 0 Å². The zero-order valence-corrected chi connectivity index (χ0v) is 110. The van der Waals surface area contributed by atoms with E-state index in [-0.39, 0.29) is 5.92 Å². The van der Waals surface area contributed by atoms with Crippen LogP contribution in [0.4, 0.5) is 4.39 Å². The summed E-state index contributed by atoms with van der Waals surface area (Å²) in [5, 5.41) is 0. The summed E-state index contributed by atoms with van der Waals surface area (Å²) in [5.74, 6) is 16.0. The largest absolute Gasteiger partial charge is 0.301 e. The van der Waals surface area contributed by atoms with Crippen molar-refractivity contribution in [2.24, 2.45) is 118 Å². The molecule has 880 valence electrons. The Labute approximate surface area is 927 Å². The highest BCUT2D eigenvalue weighted by molar-refractivity contribution is 5.08. The average Bonchev–Trinajstić information content (AvgIpc) is 1.59. The summed E-state index contributed by atoms with van der Waals surface area (Å²) in [7, 11) is 0. The van der Waals surface area contributed by atoms with Crippen molar-refractivity contribution in [3.63, 3.8) is 0 Å². The van der Waals surface area contributed by atoms with Crippen molar-refractivity contribution in [3.8, 4) is 0 Å². The van der Waals surface area contributed by atoms with Gasteiger partial charge in [0.1, 0.15) is 6.17 Å². The van der Waals surface area contributed by atoms with Gasteiger partial charge in [-0.1, -0.05) is 186 Å². The average molecular weight is 2080 g/mol. The Balaban J connectivity index is 0.000000542. The van der Waals surface area contributed by atoms with Crippen molar-refractivity contribution in [1.82, 2.24) is 58.8 Å². The molecule has 0 aromatic rings. The van der Waals surface area contributed by atoms with Gasteiger partial charge in [0.2, 0.25) is 0 Å². The second-order valence-corrected chi connectivity index (χ2v) is 59.1. The van der Waals surface area contributed by atoms with Gasteiger partial charge in [-0.15, -0.1) is 0 Å². The molecule has 13 aliphatic rings. The van der Waals surface area contributed by atoms with Gasteiger partial charge in [-0.3, -0.25) is 24.5 Å². The van der Waals surface area contributed by atoms with Gasteiger partial charge in [0.25, 0.3) is 0 Å². The molecule has 0 N–H and O–H groups in total. The maximum Gasteiger partial charge on any atom is 0.117 e. The maximum absolute atomic E-state index is 13.4. The molecule has 11 unspecified atom stereocenters. The molecule has 0 aromatic carbocycles. The van der Waals surface area contributed by atoms with Crippen molar-refractivity contribution in [3.05, 3.63) is 0 Å². The van der Waals surface area contributed by atoms with Crippen molar-refractivity contribution in [2.75, 3.05) is 124 Å². The van der Waals surface area contributed by atoms with E-state index >= 15 is 0 Å². The smallest absolute Gasteiger partial charge is 0.117 e. The van der Waals surface area contributed by atoms with Crippen LogP contribution < -0.4 is 0 Å². The van der Waals surface area contributed by atoms with E-state index < -0.39 is 6.17 Å². The van der Waals surface area contributed by atoms with Gasteiger partial charge in [-0.05, 0) is 497 Å². The lowest BCUT2D eigenvalue weighted by Crippen LogP contribution is -2.51. The standard InChI is InChI=1S/C13H25N.4C12H25N.3C11H23N.C10H20FN.3C10H21N/c1-10(2)9-13-7-5-12(6-8-13)14(13)11(3)4;1-10(2)12(5)7-6-8-13(9-12)11(3)4;1-10(2)8-12-6-5-7-13(9-12)11(3)4;1-10(2)12-7-5-6-8-13(9-12)11(3)4;1-10(2)9-12-7-5-6-8-13(12)11(3)4;1-9(2)7-11-5-6-12(8-11)10(3)4;1-9(2)11-6-5-7-12(8-11)10(3)4;1-9(2)8-11-6-5-7-12(11)10(3)4;1-7(2)9-5-12(8(3)4)6-10(9)11;1-8(2)5-10-6-11(7-10)9(3)4;1-8(2)10-5-6-11(7-10)9(3)4;1-8(2)7-10-5-6-11(10)9(3)4/h10-12H,5-9H2,1-4H3;10-11H,6-9H2,1-5H3;3*10-12H,5-9H2,1-4H3;3*9-11H,5-8H2,1-4H3;7-10H,5-6H2,1-4H3;3*8-10H,5-7H2,1-4H3. The van der Waals surface area contributed by atoms with Gasteiger partial charge in [-0.25, -0.2) is 4.39 Å². The number of fused-ring (bicyclic) bond motifs is 2. The summed E-state index contributed by atoms with van der Waals surface area (Å²) < 4.78 is 13.4. The van der Waals surface area contributed by atoms with E-state index in [1.54, 1.807) is 0 Å². The summed E-state index contributed by atoms with van der Waals surface area (Å²) in [6.45, 7) is 138. The van der Waals surface area contributed by atoms with E-state index in [1.807, 2.05) is 0 Å². The van der Waals surface area contributed by atoms with Crippen LogP contribution in [0.1, 0.15) is 519 Å². The predicted octanol–water partition coefficient (Wildman–Crippen LogP) is 34.2. The first-order chi connectivity index (χ1) is 68.5. The first kappa shape index (κ1) is 143. The van der Waals surface area contributed by atoms with E-state index in [2.05, 4.69) is 398 Å². The van der Waals surface area contributed by atoms with Crippen LogP contribution in [0.2, 0.25) is 0 Å². The predicted molar refractivity (Wildman–Crippen MR) is 659 cm³/mol. The van der Waals surface area contributed by atoms with Crippen molar-refractivity contribution >= 4 is 0 Å². The lowest BCUT2D eigenvalue weighted by atomic mass is 9.73. The number of halogens is 1. The molecular weight excluding hydrogens is 1800 g/mol. The molecule has 13 rings (SSSR count). The van der Waals surface area contributed by atoms with Gasteiger partial charge in [0.15, 0.2) is 0 Å². The Morgan fingerprint density at radius 1 is 0.231 bits per heavy atom. The fourth-order valence-corrected chi connectivity index (χ4v) is 27.5. The normalized spacial score (nSPS) is 28.0. The molecular formula is C134H277FN12. The highest BCUT2D eigenvalue weighted by Gasteiger charge is 2.52. The van der Waals surface area contributed by atoms with Crippen LogP contribution in [0.3, 0.4) is 0 Å². The van der Waals surface area contributed by atoms with Gasteiger partial charge in [-0.2, -0.15) is 0 Å². The molecule has 0 aliphatic carbocycles. The third-order valence-corrected chi connectivity index (χ3v) is 37.4. The molecule has 0 spiro atoms. The van der Waals surface area contributed by atoms with Crippen LogP contribution in [-0.2, 0) is 0 Å². The van der Waals surface area contributed by atoms with E-state index in [0.717, 1.165) is 198 Å². The number of hydrogen-bond acceptors (Lipinski definition) is 12. The molecule has 0 saturated carbocycles. The van der Waals surface area contributed by atoms with Crippen LogP contribution >= 0.6 is 0 Å². The van der Waals surface area contributed by atoms with Crippen LogP contribution in [-0.4, -0.2) is 292 Å². The lowest BCUT2D eigenvalue weighted by molar-refractivity contribution is 0.0428. The maximum atomic E-state index is 13.4. The molecule has 0 radical (unpaired) electrons. The minimum absolute atomic E-state index is 0.257. The van der Waals surface area contributed by atoms with E-state index in [0.29, 0.717) is 29.5 Å². The Morgan fingerprint density at radius 3 is 0.905 bits per heavy atom. The highest BCUT2D eigenvalue weighted by atomic mass is 19.1. The quantitative estimate of drug-likeness (QED) is 0.0664. The molecule has 13 heterocycles. The number of piperidine rings is 4. The minimum atomic E-state index is -0.604. The number of likely N-dealkylation sites (tertiary alicyclic amines) is 11. The SMILES string of the molecule is CC(C)C1CCCCN(C(C)C)C1.CC(C)C1CCCN(C(C)C)C1.CC(C)C1CCN(C(C)C)C1.CC(C)C1CN(C(C)C)CC1F.CC(C)CC12CCC(CC1)N2C(C)C.CC(C)CC1CCCCN1C(C)C.CC(C)CC1CCCN(C(C)C)C1.CC(C)CC1CCCN1C(C)C.CC(C)CC1CCN(C(C)C)C1.CC(C)CC1CCN1C(C)C.CC(C)CC1CN(C(C)C)C1.CC(C)N1CCCC(C)(C(C)C)C1. The van der Waals surface area contributed by atoms with E-state index in [4.69, 9.17) is 0 Å². The summed E-state index contributed by atoms with van der Waals surface area (Å²) in [6, 6.07) is 12.3. The molecule has 2 bridgehead atoms. The zero-order valence-electron chi connectivity index (χ0n) is 110. The third kappa shape index (κ3) is 55.9. The van der Waals surface area contributed by atoms with Crippen LogP contribution in [0.25, 0.3) is 0 Å². The molecule has 13 fully saturated rings. The molecule has 147 heavy (non-hydrogen) atoms. The first-order valence-corrected chi connectivity index (χ1v) is 65.1. The Morgan fingerprint density at radius 2 is 0.551 bits per heavy atom. The Bertz CT molecular complexity index is 3040. The molecule has 13 saturated heterocycles. The second-order valence-electron chi connectivity index (χ2n) is 59.1. The molecule has 11 atom stereocenters. The van der Waals surface area contributed by atoms with E-state index in [9.17, 15) is 4.39 Å². The summed E-state index contributed by atoms with van der Waals surface area (Å²) in [5.41, 5.74) is 1.16. The Kier molecular flexibility index (Phi) is 71.8. The molecule has 13 aliphatic heterocycles. The lowest BCUT2D eigenvalue weighted by Gasteiger charge is -2.45. The number of hydrogen-bond donors (Lipinski definition) is 0. The Hall–Kier alpha value is -0.550. The molecule has 12 nitrogen and oxygen atoms in total. The fraction of sp³-hybridized carbons (Fsp3) is 1.00. The summed E-state index contributed by atoms with van der Waals surface area (Å²) >= 11 is 0. The van der Waals surface area contributed by atoms with Crippen molar-refractivity contribution < 1.29 is 4.39 Å². The summed E-state index contributed by atoms with van der Waals surface area (Å²) in [4.78, 5) is 31.3. The number of nitrogens with zero attached hydrogens (tertiary/aromatic N) is 12.